The van der Waals surface area contributed by atoms with E-state index in [-0.39, 0.29) is 5.41 Å². The van der Waals surface area contributed by atoms with Gasteiger partial charge in [-0.25, -0.2) is 0 Å². The fraction of sp³-hybridized carbons (Fsp3) is 0.647. The largest absolute Gasteiger partial charge is 0.396 e. The van der Waals surface area contributed by atoms with Gasteiger partial charge in [-0.15, -0.1) is 0 Å². The van der Waals surface area contributed by atoms with Crippen molar-refractivity contribution in [3.8, 4) is 0 Å². The van der Waals surface area contributed by atoms with Crippen LogP contribution in [0.3, 0.4) is 0 Å². The summed E-state index contributed by atoms with van der Waals surface area (Å²) in [5.74, 6) is 0. The molecule has 1 unspecified atom stereocenters. The molecule has 0 saturated heterocycles. The molecule has 19 heavy (non-hydrogen) atoms. The number of nitrogens with one attached hydrogen (secondary N) is 1. The van der Waals surface area contributed by atoms with Gasteiger partial charge in [0.15, 0.2) is 0 Å². The van der Waals surface area contributed by atoms with E-state index >= 15 is 0 Å². The minimum Gasteiger partial charge on any atom is -0.396 e. The normalized spacial score (nSPS) is 19.6. The van der Waals surface area contributed by atoms with Gasteiger partial charge in [-0.1, -0.05) is 36.6 Å². The van der Waals surface area contributed by atoms with Crippen LogP contribution in [-0.4, -0.2) is 18.3 Å². The zero-order valence-corrected chi connectivity index (χ0v) is 12.5. The van der Waals surface area contributed by atoms with Crippen molar-refractivity contribution in [3.63, 3.8) is 0 Å². The first-order valence-corrected chi connectivity index (χ1v) is 7.48. The quantitative estimate of drug-likeness (QED) is 0.850. The van der Waals surface area contributed by atoms with Crippen molar-refractivity contribution >= 4 is 0 Å². The van der Waals surface area contributed by atoms with Crippen molar-refractivity contribution in [1.29, 1.82) is 0 Å². The Morgan fingerprint density at radius 1 is 1.26 bits per heavy atom. The van der Waals surface area contributed by atoms with Gasteiger partial charge in [-0.3, -0.25) is 0 Å². The summed E-state index contributed by atoms with van der Waals surface area (Å²) in [6.07, 6.45) is 4.85. The molecule has 1 aliphatic carbocycles. The molecule has 0 radical (unpaired) electrons. The number of rotatable bonds is 5. The maximum absolute atomic E-state index is 9.66. The van der Waals surface area contributed by atoms with Crippen LogP contribution in [0.15, 0.2) is 18.2 Å². The lowest BCUT2D eigenvalue weighted by Gasteiger charge is -2.29. The number of hydrogen-bond acceptors (Lipinski definition) is 2. The molecule has 0 aromatic heterocycles. The zero-order chi connectivity index (χ0) is 13.9. The zero-order valence-electron chi connectivity index (χ0n) is 12.5. The smallest absolute Gasteiger partial charge is 0.0499 e. The Hall–Kier alpha value is -0.860. The Morgan fingerprint density at radius 2 is 1.95 bits per heavy atom. The molecular weight excluding hydrogens is 234 g/mol. The average Bonchev–Trinajstić information content (AvgIpc) is 2.88. The molecule has 1 saturated carbocycles. The van der Waals surface area contributed by atoms with E-state index in [0.717, 1.165) is 19.4 Å². The van der Waals surface area contributed by atoms with Crippen molar-refractivity contribution in [1.82, 2.24) is 5.32 Å². The molecule has 2 N–H and O–H groups in total. The van der Waals surface area contributed by atoms with Crippen LogP contribution in [0.25, 0.3) is 0 Å². The fourth-order valence-corrected chi connectivity index (χ4v) is 3.22. The van der Waals surface area contributed by atoms with E-state index in [1.165, 1.54) is 29.5 Å². The van der Waals surface area contributed by atoms with Gasteiger partial charge in [0.2, 0.25) is 0 Å². The summed E-state index contributed by atoms with van der Waals surface area (Å²) in [4.78, 5) is 0. The predicted octanol–water partition coefficient (Wildman–Crippen LogP) is 3.51. The van der Waals surface area contributed by atoms with Gasteiger partial charge in [0.05, 0.1) is 0 Å². The fourth-order valence-electron chi connectivity index (χ4n) is 3.22. The van der Waals surface area contributed by atoms with Gasteiger partial charge < -0.3 is 10.4 Å². The first-order chi connectivity index (χ1) is 9.06. The highest BCUT2D eigenvalue weighted by Gasteiger charge is 2.33. The van der Waals surface area contributed by atoms with Crippen molar-refractivity contribution in [3.05, 3.63) is 34.9 Å². The van der Waals surface area contributed by atoms with Crippen LogP contribution in [0.5, 0.6) is 0 Å². The molecule has 106 valence electrons. The molecule has 2 rings (SSSR count). The molecule has 1 aliphatic rings. The van der Waals surface area contributed by atoms with Crippen LogP contribution in [0.1, 0.15) is 55.3 Å². The van der Waals surface area contributed by atoms with Gasteiger partial charge in [-0.2, -0.15) is 0 Å². The number of hydrogen-bond donors (Lipinski definition) is 2. The minimum atomic E-state index is 0.131. The van der Waals surface area contributed by atoms with Crippen LogP contribution in [0, 0.1) is 19.3 Å². The standard InChI is InChI=1S/C17H27NO/c1-13-6-7-14(2)16(10-13)15(3)18-11-17(12-19)8-4-5-9-17/h6-7,10,15,18-19H,4-5,8-9,11-12H2,1-3H3. The van der Waals surface area contributed by atoms with Gasteiger partial charge in [0, 0.05) is 24.6 Å². The third kappa shape index (κ3) is 3.37. The third-order valence-corrected chi connectivity index (χ3v) is 4.68. The number of aryl methyl sites for hydroxylation is 2. The molecule has 0 spiro atoms. The molecule has 2 heteroatoms. The van der Waals surface area contributed by atoms with E-state index < -0.39 is 0 Å². The third-order valence-electron chi connectivity index (χ3n) is 4.68. The van der Waals surface area contributed by atoms with E-state index in [1.54, 1.807) is 0 Å². The second kappa shape index (κ2) is 6.06. The van der Waals surface area contributed by atoms with Gasteiger partial charge in [-0.05, 0) is 44.7 Å². The molecule has 0 amide bonds. The Balaban J connectivity index is 2.00. The minimum absolute atomic E-state index is 0.131. The van der Waals surface area contributed by atoms with Gasteiger partial charge in [0.25, 0.3) is 0 Å². The summed E-state index contributed by atoms with van der Waals surface area (Å²) in [7, 11) is 0. The lowest BCUT2D eigenvalue weighted by atomic mass is 9.86. The number of benzene rings is 1. The molecule has 0 aliphatic heterocycles. The number of aliphatic hydroxyl groups is 1. The van der Waals surface area contributed by atoms with Crippen LogP contribution < -0.4 is 5.32 Å². The molecule has 1 aromatic rings. The molecule has 0 bridgehead atoms. The Morgan fingerprint density at radius 3 is 2.58 bits per heavy atom. The molecule has 1 atom stereocenters. The van der Waals surface area contributed by atoms with E-state index in [0.29, 0.717) is 12.6 Å². The maximum atomic E-state index is 9.66. The van der Waals surface area contributed by atoms with Crippen molar-refractivity contribution in [2.24, 2.45) is 5.41 Å². The summed E-state index contributed by atoms with van der Waals surface area (Å²) in [6, 6.07) is 6.98. The summed E-state index contributed by atoms with van der Waals surface area (Å²) in [5, 5.41) is 13.3. The lowest BCUT2D eigenvalue weighted by molar-refractivity contribution is 0.125. The highest BCUT2D eigenvalue weighted by atomic mass is 16.3. The monoisotopic (exact) mass is 261 g/mol. The average molecular weight is 261 g/mol. The van der Waals surface area contributed by atoms with E-state index in [2.05, 4.69) is 44.3 Å². The summed E-state index contributed by atoms with van der Waals surface area (Å²) in [5.41, 5.74) is 4.17. The highest BCUT2D eigenvalue weighted by molar-refractivity contribution is 5.32. The van der Waals surface area contributed by atoms with Crippen LogP contribution >= 0.6 is 0 Å². The molecular formula is C17H27NO. The topological polar surface area (TPSA) is 32.3 Å². The SMILES string of the molecule is Cc1ccc(C)c(C(C)NCC2(CO)CCCC2)c1. The molecule has 1 fully saturated rings. The predicted molar refractivity (Wildman–Crippen MR) is 80.3 cm³/mol. The second-order valence-corrected chi connectivity index (χ2v) is 6.33. The number of aliphatic hydroxyl groups excluding tert-OH is 1. The second-order valence-electron chi connectivity index (χ2n) is 6.33. The van der Waals surface area contributed by atoms with E-state index in [4.69, 9.17) is 0 Å². The Labute approximate surface area is 117 Å². The van der Waals surface area contributed by atoms with Crippen molar-refractivity contribution in [2.75, 3.05) is 13.2 Å². The van der Waals surface area contributed by atoms with Gasteiger partial charge >= 0.3 is 0 Å². The summed E-state index contributed by atoms with van der Waals surface area (Å²) < 4.78 is 0. The Kier molecular flexibility index (Phi) is 4.64. The summed E-state index contributed by atoms with van der Waals surface area (Å²) >= 11 is 0. The highest BCUT2D eigenvalue weighted by Crippen LogP contribution is 2.37. The lowest BCUT2D eigenvalue weighted by Crippen LogP contribution is -2.36. The van der Waals surface area contributed by atoms with Crippen molar-refractivity contribution in [2.45, 2.75) is 52.5 Å². The Bertz CT molecular complexity index is 421. The molecule has 0 heterocycles. The van der Waals surface area contributed by atoms with Crippen LogP contribution in [0.4, 0.5) is 0 Å². The van der Waals surface area contributed by atoms with Crippen LogP contribution in [0.2, 0.25) is 0 Å². The first kappa shape index (κ1) is 14.5. The van der Waals surface area contributed by atoms with E-state index in [1.807, 2.05) is 0 Å². The first-order valence-electron chi connectivity index (χ1n) is 7.48. The van der Waals surface area contributed by atoms with Gasteiger partial charge in [0.1, 0.15) is 0 Å². The summed E-state index contributed by atoms with van der Waals surface area (Å²) in [6.45, 7) is 7.78. The molecule has 1 aromatic carbocycles. The maximum Gasteiger partial charge on any atom is 0.0499 e. The molecule has 2 nitrogen and oxygen atoms in total. The van der Waals surface area contributed by atoms with Crippen LogP contribution in [-0.2, 0) is 0 Å². The van der Waals surface area contributed by atoms with Crippen molar-refractivity contribution < 1.29 is 5.11 Å². The van der Waals surface area contributed by atoms with E-state index in [9.17, 15) is 5.11 Å².